The van der Waals surface area contributed by atoms with E-state index < -0.39 is 57.2 Å². The third kappa shape index (κ3) is 5.94. The molecule has 2 aromatic rings. The van der Waals surface area contributed by atoms with Gasteiger partial charge in [-0.05, 0) is 31.4 Å². The maximum absolute atomic E-state index is 14.8. The maximum atomic E-state index is 14.8. The number of carbonyl (C=O) groups excluding carboxylic acids is 2. The molecule has 1 heterocycles. The molecule has 0 bridgehead atoms. The molecule has 1 atom stereocenters. The SMILES string of the molecule is CCOC(=O)CCC(Sc1cc(-n2c(=O)cc(C(F)(F)F)n(C)c2=O)c(F)cc1Cl)(C(=O)[O-])C(C)C. The van der Waals surface area contributed by atoms with Crippen LogP contribution >= 0.6 is 23.4 Å². The second kappa shape index (κ2) is 11.1. The predicted octanol–water partition coefficient (Wildman–Crippen LogP) is 2.93. The summed E-state index contributed by atoms with van der Waals surface area (Å²) in [6.07, 6.45) is -5.57. The molecular formula is C22H22ClF4N2O6S-. The van der Waals surface area contributed by atoms with E-state index >= 15 is 0 Å². The van der Waals surface area contributed by atoms with Crippen molar-refractivity contribution in [3.05, 3.63) is 55.6 Å². The van der Waals surface area contributed by atoms with Gasteiger partial charge in [-0.25, -0.2) is 13.8 Å². The van der Waals surface area contributed by atoms with Gasteiger partial charge in [0.1, 0.15) is 11.5 Å². The number of rotatable bonds is 9. The van der Waals surface area contributed by atoms with Gasteiger partial charge in [-0.1, -0.05) is 25.4 Å². The summed E-state index contributed by atoms with van der Waals surface area (Å²) in [5.74, 6) is -4.09. The zero-order chi connectivity index (χ0) is 27.6. The molecule has 1 unspecified atom stereocenters. The Hall–Kier alpha value is -2.80. The van der Waals surface area contributed by atoms with Gasteiger partial charge in [-0.2, -0.15) is 13.2 Å². The number of carboxylic acid groups (broad SMARTS) is 1. The van der Waals surface area contributed by atoms with Crippen molar-refractivity contribution >= 4 is 35.3 Å². The molecule has 0 saturated heterocycles. The Bertz CT molecular complexity index is 1290. The fraction of sp³-hybridized carbons (Fsp3) is 0.455. The minimum Gasteiger partial charge on any atom is -0.549 e. The van der Waals surface area contributed by atoms with Gasteiger partial charge in [0.25, 0.3) is 5.56 Å². The number of benzene rings is 1. The van der Waals surface area contributed by atoms with Gasteiger partial charge in [0.2, 0.25) is 0 Å². The number of esters is 1. The molecule has 14 heteroatoms. The molecule has 0 fully saturated rings. The minimum absolute atomic E-state index is 0.0793. The Kier molecular flexibility index (Phi) is 9.05. The highest BCUT2D eigenvalue weighted by Gasteiger charge is 2.39. The van der Waals surface area contributed by atoms with Crippen LogP contribution in [0, 0.1) is 11.7 Å². The molecule has 0 aliphatic carbocycles. The van der Waals surface area contributed by atoms with E-state index in [9.17, 15) is 41.8 Å². The van der Waals surface area contributed by atoms with E-state index in [0.29, 0.717) is 17.8 Å². The first-order chi connectivity index (χ1) is 16.6. The summed E-state index contributed by atoms with van der Waals surface area (Å²) in [6.45, 7) is 4.75. The Labute approximate surface area is 211 Å². The number of thioether (sulfide) groups is 1. The summed E-state index contributed by atoms with van der Waals surface area (Å²) >= 11 is 6.73. The lowest BCUT2D eigenvalue weighted by Crippen LogP contribution is -2.49. The van der Waals surface area contributed by atoms with E-state index in [1.165, 1.54) is 0 Å². The van der Waals surface area contributed by atoms with Gasteiger partial charge in [0, 0.05) is 24.4 Å². The molecule has 0 radical (unpaired) electrons. The van der Waals surface area contributed by atoms with Crippen LogP contribution in [-0.4, -0.2) is 32.4 Å². The van der Waals surface area contributed by atoms with E-state index in [0.717, 1.165) is 13.1 Å². The Morgan fingerprint density at radius 1 is 1.19 bits per heavy atom. The van der Waals surface area contributed by atoms with Crippen molar-refractivity contribution in [3.8, 4) is 5.69 Å². The zero-order valence-electron chi connectivity index (χ0n) is 19.6. The second-order valence-corrected chi connectivity index (χ2v) is 9.80. The number of aromatic nitrogens is 2. The highest BCUT2D eigenvalue weighted by Crippen LogP contribution is 2.45. The summed E-state index contributed by atoms with van der Waals surface area (Å²) < 4.78 is 57.7. The number of alkyl halides is 3. The van der Waals surface area contributed by atoms with Crippen molar-refractivity contribution in [1.82, 2.24) is 9.13 Å². The van der Waals surface area contributed by atoms with Crippen LogP contribution in [0.15, 0.2) is 32.7 Å². The Balaban J connectivity index is 2.69. The van der Waals surface area contributed by atoms with Gasteiger partial charge < -0.3 is 14.6 Å². The molecule has 0 amide bonds. The lowest BCUT2D eigenvalue weighted by molar-refractivity contribution is -0.310. The van der Waals surface area contributed by atoms with Crippen molar-refractivity contribution in [2.45, 2.75) is 49.4 Å². The average molecular weight is 554 g/mol. The number of hydrogen-bond acceptors (Lipinski definition) is 7. The summed E-state index contributed by atoms with van der Waals surface area (Å²) in [4.78, 5) is 49.0. The molecule has 1 aromatic heterocycles. The van der Waals surface area contributed by atoms with Crippen LogP contribution in [0.3, 0.4) is 0 Å². The van der Waals surface area contributed by atoms with Gasteiger partial charge >= 0.3 is 17.8 Å². The van der Waals surface area contributed by atoms with Crippen LogP contribution in [0.2, 0.25) is 5.02 Å². The van der Waals surface area contributed by atoms with Gasteiger partial charge in [0.15, 0.2) is 0 Å². The number of halogens is 5. The quantitative estimate of drug-likeness (QED) is 0.267. The van der Waals surface area contributed by atoms with E-state index in [4.69, 9.17) is 16.3 Å². The molecule has 198 valence electrons. The van der Waals surface area contributed by atoms with E-state index in [1.807, 2.05) is 0 Å². The fourth-order valence-electron chi connectivity index (χ4n) is 3.44. The van der Waals surface area contributed by atoms with Crippen LogP contribution in [-0.2, 0) is 27.5 Å². The summed E-state index contributed by atoms with van der Waals surface area (Å²) in [6, 6.07) is 1.73. The summed E-state index contributed by atoms with van der Waals surface area (Å²) in [5.41, 5.74) is -5.21. The number of nitrogens with zero attached hydrogens (tertiary/aromatic N) is 2. The van der Waals surface area contributed by atoms with E-state index in [-0.39, 0.29) is 44.6 Å². The van der Waals surface area contributed by atoms with Crippen LogP contribution in [0.1, 0.15) is 39.3 Å². The van der Waals surface area contributed by atoms with Crippen LogP contribution in [0.25, 0.3) is 5.69 Å². The van der Waals surface area contributed by atoms with Crippen molar-refractivity contribution in [3.63, 3.8) is 0 Å². The van der Waals surface area contributed by atoms with Gasteiger partial charge in [0.05, 0.1) is 28.0 Å². The molecule has 0 aliphatic heterocycles. The number of carbonyl (C=O) groups is 2. The normalized spacial score (nSPS) is 13.5. The molecule has 0 saturated carbocycles. The lowest BCUT2D eigenvalue weighted by Gasteiger charge is -2.38. The first-order valence-corrected chi connectivity index (χ1v) is 11.7. The van der Waals surface area contributed by atoms with Crippen LogP contribution in [0.4, 0.5) is 17.6 Å². The third-order valence-electron chi connectivity index (χ3n) is 5.43. The molecule has 36 heavy (non-hydrogen) atoms. The van der Waals surface area contributed by atoms with Gasteiger partial charge in [-0.3, -0.25) is 14.2 Å². The van der Waals surface area contributed by atoms with Crippen LogP contribution in [0.5, 0.6) is 0 Å². The van der Waals surface area contributed by atoms with Crippen LogP contribution < -0.4 is 16.4 Å². The predicted molar refractivity (Wildman–Crippen MR) is 122 cm³/mol. The molecule has 0 aliphatic rings. The highest BCUT2D eigenvalue weighted by molar-refractivity contribution is 8.01. The lowest BCUT2D eigenvalue weighted by atomic mass is 9.90. The number of aliphatic carboxylic acids is 1. The monoisotopic (exact) mass is 553 g/mol. The molecular weight excluding hydrogens is 532 g/mol. The smallest absolute Gasteiger partial charge is 0.431 e. The highest BCUT2D eigenvalue weighted by atomic mass is 35.5. The topological polar surface area (TPSA) is 110 Å². The molecule has 1 aromatic carbocycles. The largest absolute Gasteiger partial charge is 0.549 e. The molecule has 0 N–H and O–H groups in total. The number of carboxylic acids is 1. The van der Waals surface area contributed by atoms with Crippen molar-refractivity contribution in [2.75, 3.05) is 6.61 Å². The first kappa shape index (κ1) is 29.4. The summed E-state index contributed by atoms with van der Waals surface area (Å²) in [7, 11) is 0.764. The van der Waals surface area contributed by atoms with Crippen molar-refractivity contribution < 1.29 is 37.0 Å². The zero-order valence-corrected chi connectivity index (χ0v) is 21.1. The fourth-order valence-corrected chi connectivity index (χ4v) is 4.95. The first-order valence-electron chi connectivity index (χ1n) is 10.5. The Morgan fingerprint density at radius 3 is 2.31 bits per heavy atom. The van der Waals surface area contributed by atoms with Crippen molar-refractivity contribution in [2.24, 2.45) is 13.0 Å². The van der Waals surface area contributed by atoms with Crippen molar-refractivity contribution in [1.29, 1.82) is 0 Å². The molecule has 8 nitrogen and oxygen atoms in total. The minimum atomic E-state index is -5.02. The number of hydrogen-bond donors (Lipinski definition) is 0. The van der Waals surface area contributed by atoms with Gasteiger partial charge in [-0.15, -0.1) is 11.8 Å². The molecule has 0 spiro atoms. The standard InChI is InChI=1S/C22H23ClF4N2O6S/c1-5-35-18(31)6-7-21(11(2)3,19(32)33)36-15-9-14(13(24)8-12(15)23)29-17(30)10-16(22(25,26)27)28(4)20(29)34/h8-11H,5-7H2,1-4H3,(H,32,33)/p-1. The maximum Gasteiger partial charge on any atom is 0.431 e. The summed E-state index contributed by atoms with van der Waals surface area (Å²) in [5, 5.41) is 11.9. The number of ether oxygens (including phenoxy) is 1. The van der Waals surface area contributed by atoms with E-state index in [1.54, 1.807) is 20.8 Å². The Morgan fingerprint density at radius 2 is 1.81 bits per heavy atom. The average Bonchev–Trinajstić information content (AvgIpc) is 2.75. The van der Waals surface area contributed by atoms with E-state index in [2.05, 4.69) is 0 Å². The third-order valence-corrected chi connectivity index (χ3v) is 7.62. The molecule has 2 rings (SSSR count). The second-order valence-electron chi connectivity index (χ2n) is 8.02.